The van der Waals surface area contributed by atoms with E-state index >= 15 is 0 Å². The molecule has 1 amide bonds. The summed E-state index contributed by atoms with van der Waals surface area (Å²) in [5, 5.41) is 5.90. The van der Waals surface area contributed by atoms with Crippen LogP contribution in [0, 0.1) is 6.92 Å². The fourth-order valence-corrected chi connectivity index (χ4v) is 4.06. The first-order valence-corrected chi connectivity index (χ1v) is 10.3. The van der Waals surface area contributed by atoms with Crippen LogP contribution in [-0.4, -0.2) is 45.0 Å². The van der Waals surface area contributed by atoms with E-state index in [1.807, 2.05) is 25.1 Å². The van der Waals surface area contributed by atoms with Gasteiger partial charge in [-0.05, 0) is 38.4 Å². The Kier molecular flexibility index (Phi) is 5.76. The fourth-order valence-electron chi connectivity index (χ4n) is 4.06. The molecule has 29 heavy (non-hydrogen) atoms. The van der Waals surface area contributed by atoms with Crippen molar-refractivity contribution in [1.82, 2.24) is 24.8 Å². The number of aromatic amines is 1. The van der Waals surface area contributed by atoms with E-state index in [-0.39, 0.29) is 23.1 Å². The predicted molar refractivity (Wildman–Crippen MR) is 112 cm³/mol. The minimum Gasteiger partial charge on any atom is -0.350 e. The van der Waals surface area contributed by atoms with Crippen molar-refractivity contribution >= 4 is 11.6 Å². The maximum Gasteiger partial charge on any atom is 0.285 e. The van der Waals surface area contributed by atoms with Gasteiger partial charge in [0.15, 0.2) is 5.65 Å². The van der Waals surface area contributed by atoms with E-state index in [0.29, 0.717) is 12.2 Å². The molecule has 0 bridgehead atoms. The summed E-state index contributed by atoms with van der Waals surface area (Å²) in [7, 11) is 0. The predicted octanol–water partition coefficient (Wildman–Crippen LogP) is 2.68. The zero-order valence-electron chi connectivity index (χ0n) is 16.7. The highest BCUT2D eigenvalue weighted by Gasteiger charge is 2.23. The zero-order chi connectivity index (χ0) is 20.2. The smallest absolute Gasteiger partial charge is 0.285 e. The minimum atomic E-state index is -0.389. The fraction of sp³-hybridized carbons (Fsp3) is 0.409. The molecule has 3 heterocycles. The Morgan fingerprint density at radius 1 is 1.17 bits per heavy atom. The lowest BCUT2D eigenvalue weighted by atomic mass is 10.0. The number of carbonyl (C=O) groups excluding carboxylic acids is 1. The number of aromatic nitrogens is 3. The average molecular weight is 393 g/mol. The van der Waals surface area contributed by atoms with E-state index in [0.717, 1.165) is 18.8 Å². The van der Waals surface area contributed by atoms with Crippen LogP contribution in [0.4, 0.5) is 0 Å². The summed E-state index contributed by atoms with van der Waals surface area (Å²) in [5.74, 6) is -0.389. The number of hydrogen-bond acceptors (Lipinski definition) is 4. The summed E-state index contributed by atoms with van der Waals surface area (Å²) in [6.45, 7) is 4.34. The van der Waals surface area contributed by atoms with Gasteiger partial charge in [0.2, 0.25) is 0 Å². The molecule has 1 saturated heterocycles. The molecule has 1 unspecified atom stereocenters. The molecule has 2 N–H and O–H groups in total. The number of rotatable bonds is 5. The molecule has 7 heteroatoms. The van der Waals surface area contributed by atoms with Crippen molar-refractivity contribution in [3.8, 4) is 0 Å². The van der Waals surface area contributed by atoms with Gasteiger partial charge in [0, 0.05) is 24.5 Å². The number of likely N-dealkylation sites (tertiary alicyclic amines) is 1. The summed E-state index contributed by atoms with van der Waals surface area (Å²) in [6.07, 6.45) is 6.21. The van der Waals surface area contributed by atoms with Crippen LogP contribution in [0.5, 0.6) is 0 Å². The van der Waals surface area contributed by atoms with Gasteiger partial charge in [-0.15, -0.1) is 0 Å². The van der Waals surface area contributed by atoms with E-state index < -0.39 is 0 Å². The lowest BCUT2D eigenvalue weighted by Crippen LogP contribution is -2.40. The summed E-state index contributed by atoms with van der Waals surface area (Å²) in [4.78, 5) is 32.2. The number of nitrogens with one attached hydrogen (secondary N) is 2. The van der Waals surface area contributed by atoms with Gasteiger partial charge in [-0.1, -0.05) is 43.2 Å². The molecule has 1 aromatic carbocycles. The first-order valence-electron chi connectivity index (χ1n) is 10.3. The Bertz CT molecular complexity index is 1030. The number of carbonyl (C=O) groups is 1. The van der Waals surface area contributed by atoms with Gasteiger partial charge in [-0.3, -0.25) is 19.6 Å². The van der Waals surface area contributed by atoms with Crippen molar-refractivity contribution in [1.29, 1.82) is 0 Å². The molecule has 0 radical (unpaired) electrons. The van der Waals surface area contributed by atoms with Gasteiger partial charge in [-0.2, -0.15) is 0 Å². The van der Waals surface area contributed by atoms with Crippen LogP contribution in [0.25, 0.3) is 5.65 Å². The monoisotopic (exact) mass is 393 g/mol. The molecule has 1 aliphatic heterocycles. The molecule has 0 saturated carbocycles. The quantitative estimate of drug-likeness (QED) is 0.698. The molecule has 152 valence electrons. The molecule has 0 spiro atoms. The van der Waals surface area contributed by atoms with E-state index in [4.69, 9.17) is 0 Å². The number of benzene rings is 1. The number of aryl methyl sites for hydroxylation is 1. The molecule has 7 nitrogen and oxygen atoms in total. The normalized spacial score (nSPS) is 16.4. The van der Waals surface area contributed by atoms with Crippen molar-refractivity contribution in [2.75, 3.05) is 19.6 Å². The third-order valence-electron chi connectivity index (χ3n) is 5.59. The molecule has 1 atom stereocenters. The molecular formula is C22H27N5O2. The molecular weight excluding hydrogens is 366 g/mol. The maximum absolute atomic E-state index is 12.8. The van der Waals surface area contributed by atoms with Gasteiger partial charge >= 0.3 is 0 Å². The third-order valence-corrected chi connectivity index (χ3v) is 5.59. The third kappa shape index (κ3) is 4.24. The Morgan fingerprint density at radius 2 is 1.90 bits per heavy atom. The van der Waals surface area contributed by atoms with Gasteiger partial charge < -0.3 is 5.32 Å². The SMILES string of the molecule is Cc1cc2ncc(C(=O)NCC(c3ccccc3)N3CCCCCC3)c(=O)n2[nH]1. The molecule has 2 aromatic heterocycles. The Balaban J connectivity index is 1.54. The molecule has 1 fully saturated rings. The van der Waals surface area contributed by atoms with Crippen molar-refractivity contribution in [3.05, 3.63) is 69.8 Å². The molecule has 1 aliphatic rings. The number of hydrogen-bond donors (Lipinski definition) is 2. The lowest BCUT2D eigenvalue weighted by molar-refractivity contribution is 0.0931. The maximum atomic E-state index is 12.8. The summed E-state index contributed by atoms with van der Waals surface area (Å²) >= 11 is 0. The zero-order valence-corrected chi connectivity index (χ0v) is 16.7. The van der Waals surface area contributed by atoms with Crippen LogP contribution in [0.2, 0.25) is 0 Å². The van der Waals surface area contributed by atoms with Crippen LogP contribution in [0.15, 0.2) is 47.4 Å². The van der Waals surface area contributed by atoms with E-state index in [2.05, 4.69) is 32.4 Å². The van der Waals surface area contributed by atoms with E-state index in [1.54, 1.807) is 6.07 Å². The van der Waals surface area contributed by atoms with Gasteiger partial charge in [0.1, 0.15) is 5.56 Å². The first-order chi connectivity index (χ1) is 14.1. The topological polar surface area (TPSA) is 82.5 Å². The van der Waals surface area contributed by atoms with Crippen molar-refractivity contribution in [2.45, 2.75) is 38.6 Å². The summed E-state index contributed by atoms with van der Waals surface area (Å²) in [5.41, 5.74) is 2.17. The van der Waals surface area contributed by atoms with Crippen LogP contribution >= 0.6 is 0 Å². The summed E-state index contributed by atoms with van der Waals surface area (Å²) < 4.78 is 1.31. The highest BCUT2D eigenvalue weighted by atomic mass is 16.2. The second kappa shape index (κ2) is 8.61. The minimum absolute atomic E-state index is 0.0482. The number of amides is 1. The number of nitrogens with zero attached hydrogens (tertiary/aromatic N) is 3. The van der Waals surface area contributed by atoms with E-state index in [1.165, 1.54) is 42.0 Å². The Labute approximate surface area is 169 Å². The van der Waals surface area contributed by atoms with Crippen LogP contribution in [0.1, 0.15) is 53.3 Å². The second-order valence-corrected chi connectivity index (χ2v) is 7.70. The van der Waals surface area contributed by atoms with Gasteiger partial charge in [-0.25, -0.2) is 9.50 Å². The molecule has 0 aliphatic carbocycles. The number of fused-ring (bicyclic) bond motifs is 1. The largest absolute Gasteiger partial charge is 0.350 e. The van der Waals surface area contributed by atoms with Crippen LogP contribution in [-0.2, 0) is 0 Å². The highest BCUT2D eigenvalue weighted by Crippen LogP contribution is 2.23. The van der Waals surface area contributed by atoms with Crippen molar-refractivity contribution < 1.29 is 4.79 Å². The second-order valence-electron chi connectivity index (χ2n) is 7.70. The summed E-state index contributed by atoms with van der Waals surface area (Å²) in [6, 6.07) is 12.1. The number of H-pyrrole nitrogens is 1. The molecule has 3 aromatic rings. The molecule has 4 rings (SSSR count). The average Bonchev–Trinajstić information content (AvgIpc) is 2.93. The first kappa shape index (κ1) is 19.4. The van der Waals surface area contributed by atoms with Gasteiger partial charge in [0.25, 0.3) is 11.5 Å². The van der Waals surface area contributed by atoms with Crippen LogP contribution < -0.4 is 10.9 Å². The van der Waals surface area contributed by atoms with Crippen molar-refractivity contribution in [2.24, 2.45) is 0 Å². The van der Waals surface area contributed by atoms with Crippen LogP contribution in [0.3, 0.4) is 0 Å². The Morgan fingerprint density at radius 3 is 2.62 bits per heavy atom. The Hall–Kier alpha value is -2.93. The van der Waals surface area contributed by atoms with Gasteiger partial charge in [0.05, 0.1) is 6.04 Å². The standard InChI is InChI=1S/C22H27N5O2/c1-16-13-20-23-14-18(22(29)27(20)25-16)21(28)24-15-19(17-9-5-4-6-10-17)26-11-7-2-3-8-12-26/h4-6,9-10,13-14,19,25H,2-3,7-8,11-12,15H2,1H3,(H,24,28). The highest BCUT2D eigenvalue weighted by molar-refractivity contribution is 5.93. The lowest BCUT2D eigenvalue weighted by Gasteiger charge is -2.31. The van der Waals surface area contributed by atoms with E-state index in [9.17, 15) is 9.59 Å². The van der Waals surface area contributed by atoms with Crippen molar-refractivity contribution in [3.63, 3.8) is 0 Å².